The number of hydrogen-bond acceptors (Lipinski definition) is 3. The van der Waals surface area contributed by atoms with Gasteiger partial charge in [0.2, 0.25) is 10.0 Å². The van der Waals surface area contributed by atoms with Crippen molar-refractivity contribution in [3.05, 3.63) is 0 Å². The van der Waals surface area contributed by atoms with Gasteiger partial charge in [-0.15, -0.1) is 0 Å². The van der Waals surface area contributed by atoms with E-state index in [1.165, 1.54) is 0 Å². The molecular weight excluding hydrogens is 224 g/mol. The molecule has 0 aromatic carbocycles. The summed E-state index contributed by atoms with van der Waals surface area (Å²) < 4.78 is 26.3. The summed E-state index contributed by atoms with van der Waals surface area (Å²) in [5, 5.41) is 7.85. The second-order valence-electron chi connectivity index (χ2n) is 5.29. The van der Waals surface area contributed by atoms with Crippen LogP contribution in [0.5, 0.6) is 0 Å². The lowest BCUT2D eigenvalue weighted by Gasteiger charge is -2.18. The van der Waals surface area contributed by atoms with Gasteiger partial charge in [0.1, 0.15) is 0 Å². The summed E-state index contributed by atoms with van der Waals surface area (Å²) >= 11 is 0. The average Bonchev–Trinajstić information content (AvgIpc) is 2.45. The summed E-state index contributed by atoms with van der Waals surface area (Å²) in [6, 6.07) is 1.84. The molecule has 0 heterocycles. The minimum atomic E-state index is -3.47. The number of sulfonamides is 1. The van der Waals surface area contributed by atoms with Crippen LogP contribution in [0, 0.1) is 16.7 Å². The van der Waals surface area contributed by atoms with E-state index in [0.29, 0.717) is 6.42 Å². The molecule has 2 unspecified atom stereocenters. The Morgan fingerprint density at radius 3 is 2.56 bits per heavy atom. The SMILES string of the molecule is CCC(C#N)S(=O)(=O)NC1CCC(C)(C)C1. The first kappa shape index (κ1) is 13.5. The summed E-state index contributed by atoms with van der Waals surface area (Å²) in [7, 11) is -3.47. The van der Waals surface area contributed by atoms with E-state index in [1.807, 2.05) is 6.07 Å². The topological polar surface area (TPSA) is 70.0 Å². The smallest absolute Gasteiger partial charge is 0.211 e. The number of nitrogens with one attached hydrogen (secondary N) is 1. The van der Waals surface area contributed by atoms with Crippen LogP contribution in [0.25, 0.3) is 0 Å². The Bertz CT molecular complexity index is 381. The molecule has 0 aliphatic heterocycles. The van der Waals surface area contributed by atoms with Crippen molar-refractivity contribution in [2.75, 3.05) is 0 Å². The third kappa shape index (κ3) is 3.19. The number of rotatable bonds is 4. The Morgan fingerprint density at radius 1 is 1.56 bits per heavy atom. The molecule has 0 aromatic rings. The molecule has 1 saturated carbocycles. The van der Waals surface area contributed by atoms with Crippen molar-refractivity contribution in [2.45, 2.75) is 57.7 Å². The molecule has 2 atom stereocenters. The van der Waals surface area contributed by atoms with Gasteiger partial charge in [0.15, 0.2) is 5.25 Å². The first-order chi connectivity index (χ1) is 7.30. The van der Waals surface area contributed by atoms with Crippen LogP contribution in [0.15, 0.2) is 0 Å². The molecule has 4 nitrogen and oxygen atoms in total. The summed E-state index contributed by atoms with van der Waals surface area (Å²) in [6.45, 7) is 6.00. The molecule has 1 rings (SSSR count). The molecule has 0 radical (unpaired) electrons. The standard InChI is InChI=1S/C11H20N2O2S/c1-4-10(8-12)16(14,15)13-9-5-6-11(2,3)7-9/h9-10,13H,4-7H2,1-3H3. The van der Waals surface area contributed by atoms with E-state index < -0.39 is 15.3 Å². The fraction of sp³-hybridized carbons (Fsp3) is 0.909. The molecule has 5 heteroatoms. The summed E-state index contributed by atoms with van der Waals surface area (Å²) in [4.78, 5) is 0. The quantitative estimate of drug-likeness (QED) is 0.819. The lowest BCUT2D eigenvalue weighted by atomic mass is 9.92. The first-order valence-electron chi connectivity index (χ1n) is 5.71. The zero-order chi connectivity index (χ0) is 12.4. The molecule has 1 fully saturated rings. The van der Waals surface area contributed by atoms with Crippen LogP contribution >= 0.6 is 0 Å². The minimum absolute atomic E-state index is 0.00222. The third-order valence-electron chi connectivity index (χ3n) is 3.19. The Kier molecular flexibility index (Phi) is 3.97. The van der Waals surface area contributed by atoms with Crippen molar-refractivity contribution in [1.82, 2.24) is 4.72 Å². The van der Waals surface area contributed by atoms with Crippen molar-refractivity contribution in [3.8, 4) is 6.07 Å². The fourth-order valence-corrected chi connectivity index (χ4v) is 3.64. The summed E-state index contributed by atoms with van der Waals surface area (Å²) in [5.74, 6) is 0. The van der Waals surface area contributed by atoms with E-state index in [9.17, 15) is 8.42 Å². The Labute approximate surface area is 98.1 Å². The van der Waals surface area contributed by atoms with Crippen LogP contribution in [0.4, 0.5) is 0 Å². The number of nitrogens with zero attached hydrogens (tertiary/aromatic N) is 1. The van der Waals surface area contributed by atoms with Gasteiger partial charge < -0.3 is 0 Å². The van der Waals surface area contributed by atoms with Gasteiger partial charge in [0, 0.05) is 6.04 Å². The van der Waals surface area contributed by atoms with Gasteiger partial charge in [-0.25, -0.2) is 13.1 Å². The van der Waals surface area contributed by atoms with Gasteiger partial charge >= 0.3 is 0 Å². The van der Waals surface area contributed by atoms with Gasteiger partial charge in [-0.3, -0.25) is 0 Å². The fourth-order valence-electron chi connectivity index (χ4n) is 2.23. The molecule has 1 aliphatic carbocycles. The maximum Gasteiger partial charge on any atom is 0.228 e. The molecule has 0 saturated heterocycles. The van der Waals surface area contributed by atoms with E-state index in [2.05, 4.69) is 18.6 Å². The monoisotopic (exact) mass is 244 g/mol. The average molecular weight is 244 g/mol. The van der Waals surface area contributed by atoms with E-state index in [4.69, 9.17) is 5.26 Å². The molecule has 16 heavy (non-hydrogen) atoms. The van der Waals surface area contributed by atoms with Crippen molar-refractivity contribution < 1.29 is 8.42 Å². The van der Waals surface area contributed by atoms with Crippen molar-refractivity contribution >= 4 is 10.0 Å². The molecule has 0 bridgehead atoms. The van der Waals surface area contributed by atoms with E-state index in [1.54, 1.807) is 6.92 Å². The predicted molar refractivity (Wildman–Crippen MR) is 63.2 cm³/mol. The Hall–Kier alpha value is -0.600. The zero-order valence-corrected chi connectivity index (χ0v) is 11.0. The Balaban J connectivity index is 2.65. The van der Waals surface area contributed by atoms with Crippen LogP contribution in [0.1, 0.15) is 46.5 Å². The highest BCUT2D eigenvalue weighted by molar-refractivity contribution is 7.90. The lowest BCUT2D eigenvalue weighted by molar-refractivity contribution is 0.372. The van der Waals surface area contributed by atoms with Gasteiger partial charge in [0.05, 0.1) is 6.07 Å². The van der Waals surface area contributed by atoms with E-state index in [0.717, 1.165) is 19.3 Å². The van der Waals surface area contributed by atoms with Crippen molar-refractivity contribution in [1.29, 1.82) is 5.26 Å². The summed E-state index contributed by atoms with van der Waals surface area (Å²) in [6.07, 6.45) is 3.09. The molecule has 1 N–H and O–H groups in total. The van der Waals surface area contributed by atoms with Crippen LogP contribution in [0.2, 0.25) is 0 Å². The summed E-state index contributed by atoms with van der Waals surface area (Å²) in [5.41, 5.74) is 0.210. The van der Waals surface area contributed by atoms with Gasteiger partial charge in [-0.2, -0.15) is 5.26 Å². The maximum atomic E-state index is 11.8. The second kappa shape index (κ2) is 4.72. The highest BCUT2D eigenvalue weighted by Gasteiger charge is 2.35. The van der Waals surface area contributed by atoms with Crippen LogP contribution in [-0.2, 0) is 10.0 Å². The van der Waals surface area contributed by atoms with Crippen LogP contribution in [-0.4, -0.2) is 19.7 Å². The molecule has 0 aromatic heterocycles. The molecular formula is C11H20N2O2S. The second-order valence-corrected chi connectivity index (χ2v) is 7.19. The van der Waals surface area contributed by atoms with Gasteiger partial charge in [-0.1, -0.05) is 20.8 Å². The molecule has 0 spiro atoms. The van der Waals surface area contributed by atoms with Crippen molar-refractivity contribution in [2.24, 2.45) is 5.41 Å². The molecule has 1 aliphatic rings. The van der Waals surface area contributed by atoms with Crippen molar-refractivity contribution in [3.63, 3.8) is 0 Å². The first-order valence-corrected chi connectivity index (χ1v) is 7.26. The lowest BCUT2D eigenvalue weighted by Crippen LogP contribution is -2.39. The van der Waals surface area contributed by atoms with Crippen LogP contribution in [0.3, 0.4) is 0 Å². The van der Waals surface area contributed by atoms with E-state index >= 15 is 0 Å². The zero-order valence-electron chi connectivity index (χ0n) is 10.2. The normalized spacial score (nSPS) is 26.2. The number of hydrogen-bond donors (Lipinski definition) is 1. The molecule has 92 valence electrons. The van der Waals surface area contributed by atoms with Gasteiger partial charge in [-0.05, 0) is 31.1 Å². The Morgan fingerprint density at radius 2 is 2.19 bits per heavy atom. The van der Waals surface area contributed by atoms with E-state index in [-0.39, 0.29) is 11.5 Å². The van der Waals surface area contributed by atoms with Gasteiger partial charge in [0.25, 0.3) is 0 Å². The number of nitriles is 1. The minimum Gasteiger partial charge on any atom is -0.211 e. The van der Waals surface area contributed by atoms with Crippen LogP contribution < -0.4 is 4.72 Å². The highest BCUT2D eigenvalue weighted by Crippen LogP contribution is 2.37. The molecule has 0 amide bonds. The third-order valence-corrected chi connectivity index (χ3v) is 5.04. The largest absolute Gasteiger partial charge is 0.228 e. The maximum absolute atomic E-state index is 11.8. The predicted octanol–water partition coefficient (Wildman–Crippen LogP) is 1.79. The highest BCUT2D eigenvalue weighted by atomic mass is 32.2.